The number of carbonyl (C=O) groups is 1. The Morgan fingerprint density at radius 3 is 2.79 bits per heavy atom. The molecule has 0 radical (unpaired) electrons. The minimum atomic E-state index is -1.07. The van der Waals surface area contributed by atoms with Crippen molar-refractivity contribution in [2.45, 2.75) is 6.42 Å². The third kappa shape index (κ3) is 3.87. The summed E-state index contributed by atoms with van der Waals surface area (Å²) >= 11 is 0. The van der Waals surface area contributed by atoms with Crippen LogP contribution in [0.3, 0.4) is 0 Å². The van der Waals surface area contributed by atoms with E-state index in [-0.39, 0.29) is 17.3 Å². The van der Waals surface area contributed by atoms with Crippen LogP contribution in [0.2, 0.25) is 0 Å². The van der Waals surface area contributed by atoms with E-state index in [2.05, 4.69) is 30.4 Å². The second-order valence-corrected chi connectivity index (χ2v) is 7.63. The summed E-state index contributed by atoms with van der Waals surface area (Å²) in [5.41, 5.74) is 8.78. The summed E-state index contributed by atoms with van der Waals surface area (Å²) in [6.45, 7) is 1.28. The minimum absolute atomic E-state index is 0.137. The molecule has 0 fully saturated rings. The fraction of sp³-hybridized carbons (Fsp3) is 0.130. The predicted molar refractivity (Wildman–Crippen MR) is 121 cm³/mol. The molecule has 3 aromatic heterocycles. The Labute approximate surface area is 192 Å². The number of benzene rings is 1. The van der Waals surface area contributed by atoms with Crippen LogP contribution in [-0.2, 0) is 0 Å². The number of nitrogens with zero attached hydrogens (tertiary/aromatic N) is 7. The Morgan fingerprint density at radius 2 is 2.00 bits per heavy atom. The van der Waals surface area contributed by atoms with Crippen molar-refractivity contribution >= 4 is 23.5 Å². The molecule has 2 N–H and O–H groups in total. The van der Waals surface area contributed by atoms with Gasteiger partial charge < -0.3 is 10.6 Å². The highest BCUT2D eigenvalue weighted by Gasteiger charge is 2.21. The smallest absolute Gasteiger partial charge is 0.190 e. The number of aldehydes is 1. The largest absolute Gasteiger partial charge is 0.383 e. The molecule has 170 valence electrons. The number of rotatable bonds is 5. The maximum Gasteiger partial charge on any atom is 0.190 e. The van der Waals surface area contributed by atoms with Crippen molar-refractivity contribution in [1.82, 2.24) is 30.2 Å². The van der Waals surface area contributed by atoms with Crippen LogP contribution in [0.25, 0.3) is 22.6 Å². The lowest BCUT2D eigenvalue weighted by atomic mass is 9.99. The van der Waals surface area contributed by atoms with Gasteiger partial charge in [-0.1, -0.05) is 12.1 Å². The van der Waals surface area contributed by atoms with E-state index < -0.39 is 11.6 Å². The lowest BCUT2D eigenvalue weighted by molar-refractivity contribution is 0.112. The zero-order valence-electron chi connectivity index (χ0n) is 17.8. The van der Waals surface area contributed by atoms with Gasteiger partial charge in [0.1, 0.15) is 23.6 Å². The molecule has 0 unspecified atom stereocenters. The van der Waals surface area contributed by atoms with Crippen LogP contribution in [0.15, 0.2) is 54.9 Å². The molecule has 0 saturated carbocycles. The van der Waals surface area contributed by atoms with Crippen LogP contribution in [0.5, 0.6) is 0 Å². The minimum Gasteiger partial charge on any atom is -0.383 e. The summed E-state index contributed by atoms with van der Waals surface area (Å²) in [5, 5.41) is 11.4. The molecular formula is C23H18F2N8O. The standard InChI is InChI=1S/C23H18F2N8O/c24-18-2-1-3-19(21(18)25)33-23(29-30-31-33)17-11-16(12-28-22(17)26)15-5-8-32(9-6-15)20-10-14(13-34)4-7-27-20/h1-5,7,10-13H,6,8-9H2,(H2,26,28). The van der Waals surface area contributed by atoms with E-state index in [9.17, 15) is 13.6 Å². The van der Waals surface area contributed by atoms with Crippen molar-refractivity contribution in [3.63, 3.8) is 0 Å². The number of tetrazole rings is 1. The average molecular weight is 460 g/mol. The Hall–Kier alpha value is -4.54. The van der Waals surface area contributed by atoms with Gasteiger partial charge >= 0.3 is 0 Å². The highest BCUT2D eigenvalue weighted by Crippen LogP contribution is 2.31. The maximum atomic E-state index is 14.4. The summed E-state index contributed by atoms with van der Waals surface area (Å²) < 4.78 is 29.2. The van der Waals surface area contributed by atoms with Crippen molar-refractivity contribution in [3.05, 3.63) is 77.6 Å². The molecule has 34 heavy (non-hydrogen) atoms. The second-order valence-electron chi connectivity index (χ2n) is 7.63. The van der Waals surface area contributed by atoms with Crippen molar-refractivity contribution in [3.8, 4) is 17.1 Å². The zero-order chi connectivity index (χ0) is 23.7. The number of halogens is 2. The molecule has 0 atom stereocenters. The third-order valence-corrected chi connectivity index (χ3v) is 5.60. The Morgan fingerprint density at radius 1 is 1.12 bits per heavy atom. The van der Waals surface area contributed by atoms with Gasteiger partial charge in [0.15, 0.2) is 17.5 Å². The number of nitrogen functional groups attached to an aromatic ring is 1. The third-order valence-electron chi connectivity index (χ3n) is 5.60. The zero-order valence-corrected chi connectivity index (χ0v) is 17.8. The lowest BCUT2D eigenvalue weighted by Crippen LogP contribution is -2.29. The van der Waals surface area contributed by atoms with Gasteiger partial charge in [-0.15, -0.1) is 5.10 Å². The van der Waals surface area contributed by atoms with Gasteiger partial charge in [0.25, 0.3) is 0 Å². The fourth-order valence-corrected chi connectivity index (χ4v) is 3.82. The van der Waals surface area contributed by atoms with Crippen LogP contribution in [0.1, 0.15) is 22.3 Å². The molecule has 4 heterocycles. The summed E-state index contributed by atoms with van der Waals surface area (Å²) in [4.78, 5) is 21.7. The molecule has 11 heteroatoms. The topological polar surface area (TPSA) is 116 Å². The van der Waals surface area contributed by atoms with E-state index in [1.54, 1.807) is 30.6 Å². The highest BCUT2D eigenvalue weighted by atomic mass is 19.2. The molecule has 0 spiro atoms. The van der Waals surface area contributed by atoms with Gasteiger partial charge in [-0.05, 0) is 58.3 Å². The summed E-state index contributed by atoms with van der Waals surface area (Å²) in [6, 6.07) is 8.96. The van der Waals surface area contributed by atoms with Gasteiger partial charge in [-0.25, -0.2) is 18.7 Å². The van der Waals surface area contributed by atoms with E-state index in [0.717, 1.165) is 34.0 Å². The number of hydrogen-bond acceptors (Lipinski definition) is 8. The number of hydrogen-bond donors (Lipinski definition) is 1. The maximum absolute atomic E-state index is 14.4. The van der Waals surface area contributed by atoms with Crippen molar-refractivity contribution in [2.24, 2.45) is 0 Å². The molecule has 0 aliphatic carbocycles. The van der Waals surface area contributed by atoms with E-state index in [4.69, 9.17) is 5.73 Å². The monoisotopic (exact) mass is 460 g/mol. The quantitative estimate of drug-likeness (QED) is 0.452. The Kier molecular flexibility index (Phi) is 5.50. The van der Waals surface area contributed by atoms with Crippen molar-refractivity contribution < 1.29 is 13.6 Å². The van der Waals surface area contributed by atoms with Crippen LogP contribution >= 0.6 is 0 Å². The predicted octanol–water partition coefficient (Wildman–Crippen LogP) is 3.09. The van der Waals surface area contributed by atoms with E-state index in [1.165, 1.54) is 12.1 Å². The number of carbonyl (C=O) groups excluding carboxylic acids is 1. The number of aromatic nitrogens is 6. The molecule has 5 rings (SSSR count). The number of nitrogens with two attached hydrogens (primary N) is 1. The first-order chi connectivity index (χ1) is 16.5. The molecule has 0 bridgehead atoms. The van der Waals surface area contributed by atoms with Gasteiger partial charge in [-0.3, -0.25) is 4.79 Å². The van der Waals surface area contributed by atoms with E-state index in [1.807, 2.05) is 6.08 Å². The van der Waals surface area contributed by atoms with Gasteiger partial charge in [0.05, 0.1) is 5.56 Å². The fourth-order valence-electron chi connectivity index (χ4n) is 3.82. The molecule has 1 aliphatic rings. The first kappa shape index (κ1) is 21.3. The van der Waals surface area contributed by atoms with Gasteiger partial charge in [0, 0.05) is 31.0 Å². The molecule has 9 nitrogen and oxygen atoms in total. The molecule has 1 aliphatic heterocycles. The van der Waals surface area contributed by atoms with Crippen LogP contribution in [-0.4, -0.2) is 49.6 Å². The molecule has 0 amide bonds. The van der Waals surface area contributed by atoms with Crippen LogP contribution < -0.4 is 10.6 Å². The first-order valence-corrected chi connectivity index (χ1v) is 10.4. The summed E-state index contributed by atoms with van der Waals surface area (Å²) in [5.74, 6) is -1.05. The van der Waals surface area contributed by atoms with Crippen LogP contribution in [0.4, 0.5) is 20.4 Å². The summed E-state index contributed by atoms with van der Waals surface area (Å²) in [6.07, 6.45) is 6.80. The van der Waals surface area contributed by atoms with Crippen molar-refractivity contribution in [1.29, 1.82) is 0 Å². The van der Waals surface area contributed by atoms with Crippen LogP contribution in [0, 0.1) is 11.6 Å². The van der Waals surface area contributed by atoms with Gasteiger partial charge in [-0.2, -0.15) is 4.68 Å². The average Bonchev–Trinajstić information content (AvgIpc) is 3.35. The summed E-state index contributed by atoms with van der Waals surface area (Å²) in [7, 11) is 0. The Bertz CT molecular complexity index is 1420. The SMILES string of the molecule is Nc1ncc(C2=CCN(c3cc(C=O)ccn3)CC2)cc1-c1nnnn1-c1cccc(F)c1F. The van der Waals surface area contributed by atoms with Crippen molar-refractivity contribution in [2.75, 3.05) is 23.7 Å². The van der Waals surface area contributed by atoms with E-state index in [0.29, 0.717) is 30.6 Å². The highest BCUT2D eigenvalue weighted by molar-refractivity contribution is 5.78. The molecule has 1 aromatic carbocycles. The number of anilines is 2. The molecule has 0 saturated heterocycles. The second kappa shape index (κ2) is 8.77. The normalized spacial score (nSPS) is 13.6. The first-order valence-electron chi connectivity index (χ1n) is 10.4. The lowest BCUT2D eigenvalue weighted by Gasteiger charge is -2.27. The molecule has 4 aromatic rings. The Balaban J connectivity index is 1.46. The van der Waals surface area contributed by atoms with Gasteiger partial charge in [0.2, 0.25) is 0 Å². The van der Waals surface area contributed by atoms with E-state index >= 15 is 0 Å². The number of pyridine rings is 2. The molecular weight excluding hydrogens is 442 g/mol.